The van der Waals surface area contributed by atoms with Gasteiger partial charge in [0.25, 0.3) is 0 Å². The number of nitrogens with zero attached hydrogens (tertiary/aromatic N) is 2. The lowest BCUT2D eigenvalue weighted by Crippen LogP contribution is -2.64. The van der Waals surface area contributed by atoms with E-state index in [9.17, 15) is 30.0 Å². The second kappa shape index (κ2) is 12.2. The molecule has 2 spiro atoms. The molecule has 14 nitrogen and oxygen atoms in total. The number of phenols is 2. The molecule has 52 heavy (non-hydrogen) atoms. The predicted molar refractivity (Wildman–Crippen MR) is 182 cm³/mol. The summed E-state index contributed by atoms with van der Waals surface area (Å²) in [5.74, 6) is -1.16. The number of rotatable bonds is 3. The Labute approximate surface area is 299 Å². The predicted octanol–water partition coefficient (Wildman–Crippen LogP) is 0.274. The summed E-state index contributed by atoms with van der Waals surface area (Å²) in [6.45, 7) is 2.02. The number of aromatic hydroxyl groups is 2. The molecule has 10 rings (SSSR count). The SMILES string of the molecule is CN1CC[C@]23c4c5ccc(O)c4O[C@H]2[C@@H](O)C=C[C@H]3[C@H]1C5.CN1CC[C@]23c4c5ccc(O)c4O[C@H]2[C@@H](O)C=C[C@H]3[C@H]1C5.O=C(O)C(O)C(O)C(=O)O. The van der Waals surface area contributed by atoms with Crippen LogP contribution in [0.5, 0.6) is 23.0 Å². The number of carboxylic acids is 2. The molecular formula is C38H44N2O12. The number of aliphatic hydroxyl groups excluding tert-OH is 4. The van der Waals surface area contributed by atoms with Gasteiger partial charge < -0.3 is 60.1 Å². The van der Waals surface area contributed by atoms with Crippen molar-refractivity contribution in [1.82, 2.24) is 9.80 Å². The lowest BCUT2D eigenvalue weighted by Gasteiger charge is -2.56. The molecule has 0 amide bonds. The zero-order chi connectivity index (χ0) is 37.0. The summed E-state index contributed by atoms with van der Waals surface area (Å²) >= 11 is 0. The highest BCUT2D eigenvalue weighted by Gasteiger charge is 2.65. The number of aliphatic carboxylic acids is 2. The van der Waals surface area contributed by atoms with E-state index in [1.54, 1.807) is 12.1 Å². The molecule has 2 aromatic rings. The van der Waals surface area contributed by atoms with E-state index in [2.05, 4.69) is 36.0 Å². The highest BCUT2D eigenvalue weighted by atomic mass is 16.5. The monoisotopic (exact) mass is 720 g/mol. The van der Waals surface area contributed by atoms with Crippen molar-refractivity contribution in [2.24, 2.45) is 11.8 Å². The molecule has 0 aromatic heterocycles. The molecule has 2 unspecified atom stereocenters. The third-order valence-corrected chi connectivity index (χ3v) is 13.1. The fraction of sp³-hybridized carbons (Fsp3) is 0.526. The molecule has 4 bridgehead atoms. The molecule has 2 fully saturated rings. The first-order valence-corrected chi connectivity index (χ1v) is 17.7. The van der Waals surface area contributed by atoms with Gasteiger partial charge in [-0.1, -0.05) is 36.4 Å². The van der Waals surface area contributed by atoms with Crippen LogP contribution in [0.15, 0.2) is 48.6 Å². The van der Waals surface area contributed by atoms with Gasteiger partial charge >= 0.3 is 11.9 Å². The van der Waals surface area contributed by atoms with E-state index in [0.29, 0.717) is 35.4 Å². The van der Waals surface area contributed by atoms with Gasteiger partial charge in [-0.3, -0.25) is 0 Å². The number of likely N-dealkylation sites (N-methyl/N-ethyl adjacent to an activating group) is 2. The zero-order valence-corrected chi connectivity index (χ0v) is 28.7. The highest BCUT2D eigenvalue weighted by Crippen LogP contribution is 2.63. The van der Waals surface area contributed by atoms with Crippen LogP contribution in [-0.4, -0.2) is 138 Å². The molecule has 12 atom stereocenters. The first-order valence-electron chi connectivity index (χ1n) is 17.7. The largest absolute Gasteiger partial charge is 0.504 e. The van der Waals surface area contributed by atoms with Gasteiger partial charge in [0.15, 0.2) is 35.2 Å². The fourth-order valence-electron chi connectivity index (χ4n) is 10.7. The van der Waals surface area contributed by atoms with E-state index in [4.69, 9.17) is 29.9 Å². The number of piperidine rings is 2. The number of carbonyl (C=O) groups is 2. The Morgan fingerprint density at radius 3 is 1.44 bits per heavy atom. The van der Waals surface area contributed by atoms with Crippen LogP contribution in [0.4, 0.5) is 0 Å². The molecule has 4 aliphatic carbocycles. The van der Waals surface area contributed by atoms with Gasteiger partial charge in [-0.25, -0.2) is 9.59 Å². The van der Waals surface area contributed by atoms with Gasteiger partial charge in [0, 0.05) is 45.9 Å². The Balaban J connectivity index is 0.000000120. The Bertz CT molecular complexity index is 1750. The average Bonchev–Trinajstić information content (AvgIpc) is 3.67. The second-order valence-corrected chi connectivity index (χ2v) is 15.4. The molecule has 2 aromatic carbocycles. The quantitative estimate of drug-likeness (QED) is 0.200. The number of hydrogen-bond acceptors (Lipinski definition) is 12. The standard InChI is InChI=1S/2C17H19NO3.C4H6O6/c2*1-18-7-6-17-10-3-5-13(20)16(17)21-15-12(19)4-2-9(14(15)17)8-11(10)18;5-1(3(7)8)2(6)4(9)10/h2*2-5,10-11,13,16,19-20H,6-8H2,1H3;1-2,5-6H,(H,7,8)(H,9,10)/t2*10-,11+,13-,16-,17-;/m00./s1. The van der Waals surface area contributed by atoms with Crippen molar-refractivity contribution in [1.29, 1.82) is 0 Å². The van der Waals surface area contributed by atoms with Crippen LogP contribution in [0.2, 0.25) is 0 Å². The van der Waals surface area contributed by atoms with Gasteiger partial charge in [-0.15, -0.1) is 0 Å². The molecule has 4 heterocycles. The van der Waals surface area contributed by atoms with Gasteiger partial charge in [0.05, 0.1) is 0 Å². The van der Waals surface area contributed by atoms with Crippen molar-refractivity contribution in [2.45, 2.75) is 85.2 Å². The third-order valence-electron chi connectivity index (χ3n) is 13.1. The minimum atomic E-state index is -2.27. The summed E-state index contributed by atoms with van der Waals surface area (Å²) in [5, 5.41) is 73.8. The van der Waals surface area contributed by atoms with Crippen LogP contribution in [-0.2, 0) is 33.3 Å². The van der Waals surface area contributed by atoms with Crippen molar-refractivity contribution < 1.29 is 59.9 Å². The molecule has 8 N–H and O–H groups in total. The van der Waals surface area contributed by atoms with E-state index < -0.39 is 36.4 Å². The lowest BCUT2D eigenvalue weighted by atomic mass is 9.53. The summed E-state index contributed by atoms with van der Waals surface area (Å²) in [7, 11) is 4.38. The molecule has 8 aliphatic rings. The summed E-state index contributed by atoms with van der Waals surface area (Å²) in [6, 6.07) is 8.45. The summed E-state index contributed by atoms with van der Waals surface area (Å²) in [6.07, 6.45) is 5.82. The van der Waals surface area contributed by atoms with Crippen LogP contribution in [0.25, 0.3) is 0 Å². The number of aliphatic hydroxyl groups is 4. The fourth-order valence-corrected chi connectivity index (χ4v) is 10.7. The molecule has 2 saturated heterocycles. The van der Waals surface area contributed by atoms with Gasteiger partial charge in [0.1, 0.15) is 24.4 Å². The number of phenolic OH excluding ortho intramolecular Hbond substituents is 2. The Morgan fingerprint density at radius 2 is 1.08 bits per heavy atom. The average molecular weight is 721 g/mol. The van der Waals surface area contributed by atoms with Crippen LogP contribution >= 0.6 is 0 Å². The number of carboxylic acid groups (broad SMARTS) is 2. The molecular weight excluding hydrogens is 676 g/mol. The topological polar surface area (TPSA) is 221 Å². The Kier molecular flexibility index (Phi) is 8.17. The molecule has 0 saturated carbocycles. The second-order valence-electron chi connectivity index (χ2n) is 15.4. The van der Waals surface area contributed by atoms with Gasteiger partial charge in [-0.2, -0.15) is 0 Å². The number of benzene rings is 2. The minimum absolute atomic E-state index is 0.160. The minimum Gasteiger partial charge on any atom is -0.504 e. The first kappa shape index (κ1) is 34.9. The zero-order valence-electron chi connectivity index (χ0n) is 28.7. The van der Waals surface area contributed by atoms with Gasteiger partial charge in [0.2, 0.25) is 0 Å². The van der Waals surface area contributed by atoms with Crippen molar-refractivity contribution in [2.75, 3.05) is 27.2 Å². The van der Waals surface area contributed by atoms with Crippen molar-refractivity contribution in [3.05, 3.63) is 70.8 Å². The Hall–Kier alpha value is -4.18. The third kappa shape index (κ3) is 4.71. The van der Waals surface area contributed by atoms with E-state index in [1.807, 2.05) is 24.3 Å². The van der Waals surface area contributed by atoms with Crippen molar-refractivity contribution >= 4 is 11.9 Å². The molecule has 278 valence electrons. The normalized spacial score (nSPS) is 37.4. The highest BCUT2D eigenvalue weighted by molar-refractivity contribution is 5.83. The molecule has 4 aliphatic heterocycles. The van der Waals surface area contributed by atoms with Crippen molar-refractivity contribution in [3.8, 4) is 23.0 Å². The first-order chi connectivity index (χ1) is 24.7. The maximum Gasteiger partial charge on any atom is 0.335 e. The smallest absolute Gasteiger partial charge is 0.335 e. The van der Waals surface area contributed by atoms with E-state index in [-0.39, 0.29) is 34.5 Å². The van der Waals surface area contributed by atoms with E-state index in [0.717, 1.165) is 38.8 Å². The van der Waals surface area contributed by atoms with Crippen LogP contribution in [0, 0.1) is 11.8 Å². The van der Waals surface area contributed by atoms with Crippen molar-refractivity contribution in [3.63, 3.8) is 0 Å². The van der Waals surface area contributed by atoms with Crippen LogP contribution in [0.3, 0.4) is 0 Å². The maximum atomic E-state index is 10.4. The van der Waals surface area contributed by atoms with Crippen LogP contribution < -0.4 is 9.47 Å². The number of ether oxygens (including phenoxy) is 2. The van der Waals surface area contributed by atoms with Gasteiger partial charge in [-0.05, 0) is 76.1 Å². The number of hydrogen-bond donors (Lipinski definition) is 8. The van der Waals surface area contributed by atoms with Crippen LogP contribution in [0.1, 0.15) is 35.1 Å². The number of likely N-dealkylation sites (tertiary alicyclic amines) is 2. The lowest BCUT2D eigenvalue weighted by molar-refractivity contribution is -0.165. The summed E-state index contributed by atoms with van der Waals surface area (Å²) in [4.78, 5) is 24.4. The van der Waals surface area contributed by atoms with E-state index in [1.165, 1.54) is 22.3 Å². The summed E-state index contributed by atoms with van der Waals surface area (Å²) in [5.41, 5.74) is 4.58. The Morgan fingerprint density at radius 1 is 0.692 bits per heavy atom. The molecule has 14 heteroatoms. The van der Waals surface area contributed by atoms with E-state index >= 15 is 0 Å². The molecule has 0 radical (unpaired) electrons. The summed E-state index contributed by atoms with van der Waals surface area (Å²) < 4.78 is 12.2. The maximum absolute atomic E-state index is 10.4.